The van der Waals surface area contributed by atoms with Gasteiger partial charge >= 0.3 is 0 Å². The van der Waals surface area contributed by atoms with Crippen LogP contribution < -0.4 is 4.48 Å². The molecule has 0 fully saturated rings. The standard InChI is InChI=1S/C8H13N4/c1-11-5-10-7-4-9-6-12(2,3)8(7)11/h4-5H,6H2,1-3H3/q+1. The lowest BCUT2D eigenvalue weighted by Crippen LogP contribution is -2.44. The molecule has 0 saturated carbocycles. The monoisotopic (exact) mass is 165 g/mol. The minimum atomic E-state index is 0.780. The highest BCUT2D eigenvalue weighted by Crippen LogP contribution is 2.24. The zero-order valence-electron chi connectivity index (χ0n) is 7.65. The molecular weight excluding hydrogens is 152 g/mol. The van der Waals surface area contributed by atoms with Crippen LogP contribution in [0.2, 0.25) is 0 Å². The van der Waals surface area contributed by atoms with Crippen molar-refractivity contribution in [1.82, 2.24) is 14.0 Å². The van der Waals surface area contributed by atoms with Gasteiger partial charge in [-0.05, 0) is 0 Å². The van der Waals surface area contributed by atoms with E-state index in [4.69, 9.17) is 0 Å². The number of aromatic nitrogens is 2. The molecule has 4 nitrogen and oxygen atoms in total. The molecule has 0 atom stereocenters. The van der Waals surface area contributed by atoms with Gasteiger partial charge in [-0.25, -0.2) is 9.98 Å². The second-order valence-electron chi connectivity index (χ2n) is 3.70. The number of quaternary nitrogens is 1. The van der Waals surface area contributed by atoms with E-state index in [0.29, 0.717) is 0 Å². The molecule has 2 rings (SSSR count). The summed E-state index contributed by atoms with van der Waals surface area (Å²) in [6.07, 6.45) is 3.68. The van der Waals surface area contributed by atoms with Crippen molar-refractivity contribution >= 4 is 12.0 Å². The number of hydrogen-bond donors (Lipinski definition) is 0. The lowest BCUT2D eigenvalue weighted by Gasteiger charge is -2.29. The zero-order valence-corrected chi connectivity index (χ0v) is 7.65. The van der Waals surface area contributed by atoms with E-state index >= 15 is 0 Å². The molecule has 0 bridgehead atoms. The number of aryl methyl sites for hydroxylation is 1. The number of fused-ring (bicyclic) bond motifs is 1. The summed E-state index contributed by atoms with van der Waals surface area (Å²) in [6.45, 7) is 0.798. The lowest BCUT2D eigenvalue weighted by atomic mass is 10.3. The third-order valence-corrected chi connectivity index (χ3v) is 2.16. The summed E-state index contributed by atoms with van der Waals surface area (Å²) in [5, 5.41) is 0. The Morgan fingerprint density at radius 2 is 2.25 bits per heavy atom. The normalized spacial score (nSPS) is 19.2. The number of imidazole rings is 1. The molecule has 1 aromatic rings. The fraction of sp³-hybridized carbons (Fsp3) is 0.500. The largest absolute Gasteiger partial charge is 0.289 e. The van der Waals surface area contributed by atoms with Crippen LogP contribution in [0.25, 0.3) is 0 Å². The van der Waals surface area contributed by atoms with Crippen LogP contribution in [0, 0.1) is 0 Å². The van der Waals surface area contributed by atoms with Crippen LogP contribution in [0.3, 0.4) is 0 Å². The van der Waals surface area contributed by atoms with Crippen molar-refractivity contribution in [1.29, 1.82) is 0 Å². The van der Waals surface area contributed by atoms with Crippen molar-refractivity contribution in [2.45, 2.75) is 0 Å². The van der Waals surface area contributed by atoms with Gasteiger partial charge in [-0.1, -0.05) is 0 Å². The van der Waals surface area contributed by atoms with E-state index < -0.39 is 0 Å². The first-order valence-electron chi connectivity index (χ1n) is 3.96. The van der Waals surface area contributed by atoms with Gasteiger partial charge in [-0.2, -0.15) is 0 Å². The van der Waals surface area contributed by atoms with Gasteiger partial charge in [0.1, 0.15) is 0 Å². The average molecular weight is 165 g/mol. The number of rotatable bonds is 0. The number of aliphatic imine (C=N–C) groups is 1. The number of hydrogen-bond acceptors (Lipinski definition) is 2. The van der Waals surface area contributed by atoms with E-state index in [1.54, 1.807) is 0 Å². The van der Waals surface area contributed by atoms with Crippen molar-refractivity contribution in [3.63, 3.8) is 0 Å². The molecule has 64 valence electrons. The van der Waals surface area contributed by atoms with Gasteiger partial charge in [-0.15, -0.1) is 0 Å². The Morgan fingerprint density at radius 1 is 1.50 bits per heavy atom. The van der Waals surface area contributed by atoms with Crippen LogP contribution >= 0.6 is 0 Å². The Labute approximate surface area is 71.8 Å². The molecule has 0 unspecified atom stereocenters. The van der Waals surface area contributed by atoms with Crippen molar-refractivity contribution in [3.05, 3.63) is 12.0 Å². The second-order valence-corrected chi connectivity index (χ2v) is 3.70. The molecular formula is C8H13N4+. The first kappa shape index (κ1) is 7.49. The summed E-state index contributed by atoms with van der Waals surface area (Å²) in [5.74, 6) is 1.23. The van der Waals surface area contributed by atoms with Crippen LogP contribution in [0.1, 0.15) is 5.69 Å². The topological polar surface area (TPSA) is 30.2 Å². The van der Waals surface area contributed by atoms with Crippen LogP contribution in [0.15, 0.2) is 11.3 Å². The maximum Gasteiger partial charge on any atom is 0.237 e. The summed E-state index contributed by atoms with van der Waals surface area (Å²) in [4.78, 5) is 8.51. The first-order chi connectivity index (χ1) is 5.61. The Morgan fingerprint density at radius 3 is 2.92 bits per heavy atom. The number of nitrogens with zero attached hydrogens (tertiary/aromatic N) is 4. The molecule has 1 aliphatic heterocycles. The van der Waals surface area contributed by atoms with Crippen molar-refractivity contribution in [2.75, 3.05) is 20.8 Å². The Bertz CT molecular complexity index is 335. The van der Waals surface area contributed by atoms with Gasteiger partial charge in [-0.3, -0.25) is 9.05 Å². The molecule has 0 radical (unpaired) electrons. The maximum absolute atomic E-state index is 4.26. The molecule has 1 aliphatic rings. The molecule has 0 aromatic carbocycles. The smallest absolute Gasteiger partial charge is 0.237 e. The van der Waals surface area contributed by atoms with Crippen molar-refractivity contribution in [2.24, 2.45) is 12.0 Å². The molecule has 1 aromatic heterocycles. The molecule has 0 saturated heterocycles. The highest BCUT2D eigenvalue weighted by molar-refractivity contribution is 5.85. The summed E-state index contributed by atoms with van der Waals surface area (Å²) in [5.41, 5.74) is 0.994. The summed E-state index contributed by atoms with van der Waals surface area (Å²) < 4.78 is 2.84. The highest BCUT2D eigenvalue weighted by atomic mass is 15.4. The van der Waals surface area contributed by atoms with Crippen LogP contribution in [0.5, 0.6) is 0 Å². The van der Waals surface area contributed by atoms with Gasteiger partial charge in [0.2, 0.25) is 5.82 Å². The Kier molecular flexibility index (Phi) is 1.35. The van der Waals surface area contributed by atoms with E-state index in [1.807, 2.05) is 19.6 Å². The molecule has 4 heteroatoms. The average Bonchev–Trinajstić information content (AvgIpc) is 2.32. The van der Waals surface area contributed by atoms with E-state index in [1.165, 1.54) is 5.82 Å². The van der Waals surface area contributed by atoms with Gasteiger partial charge < -0.3 is 0 Å². The third kappa shape index (κ3) is 0.881. The molecule has 12 heavy (non-hydrogen) atoms. The fourth-order valence-electron chi connectivity index (χ4n) is 1.67. The molecule has 2 heterocycles. The van der Waals surface area contributed by atoms with E-state index in [0.717, 1.165) is 16.8 Å². The van der Waals surface area contributed by atoms with E-state index in [9.17, 15) is 0 Å². The Hall–Kier alpha value is -1.16. The fourth-order valence-corrected chi connectivity index (χ4v) is 1.67. The van der Waals surface area contributed by atoms with Crippen LogP contribution in [-0.4, -0.2) is 36.5 Å². The quantitative estimate of drug-likeness (QED) is 0.511. The highest BCUT2D eigenvalue weighted by Gasteiger charge is 2.29. The minimum Gasteiger partial charge on any atom is -0.289 e. The molecule has 0 amide bonds. The van der Waals surface area contributed by atoms with E-state index in [-0.39, 0.29) is 0 Å². The maximum atomic E-state index is 4.26. The second kappa shape index (κ2) is 2.17. The molecule has 0 aliphatic carbocycles. The zero-order chi connectivity index (χ0) is 8.77. The van der Waals surface area contributed by atoms with Crippen LogP contribution in [-0.2, 0) is 7.05 Å². The third-order valence-electron chi connectivity index (χ3n) is 2.16. The van der Waals surface area contributed by atoms with Gasteiger partial charge in [0.05, 0.1) is 26.6 Å². The van der Waals surface area contributed by atoms with E-state index in [2.05, 4.69) is 28.6 Å². The lowest BCUT2D eigenvalue weighted by molar-refractivity contribution is 0.388. The van der Waals surface area contributed by atoms with Gasteiger partial charge in [0.25, 0.3) is 0 Å². The molecule has 0 N–H and O–H groups in total. The van der Waals surface area contributed by atoms with Crippen molar-refractivity contribution in [3.8, 4) is 0 Å². The van der Waals surface area contributed by atoms with Crippen molar-refractivity contribution < 1.29 is 0 Å². The predicted molar refractivity (Wildman–Crippen MR) is 49.3 cm³/mol. The summed E-state index contributed by atoms with van der Waals surface area (Å²) >= 11 is 0. The van der Waals surface area contributed by atoms with Gasteiger partial charge in [0.15, 0.2) is 12.4 Å². The summed E-state index contributed by atoms with van der Waals surface area (Å²) in [7, 11) is 6.29. The SMILES string of the molecule is Cn1cnc2c1[N+](C)(C)CN=C2. The molecule has 0 spiro atoms. The summed E-state index contributed by atoms with van der Waals surface area (Å²) in [6, 6.07) is 0. The van der Waals surface area contributed by atoms with Gasteiger partial charge in [0, 0.05) is 7.05 Å². The first-order valence-corrected chi connectivity index (χ1v) is 3.96. The van der Waals surface area contributed by atoms with Crippen LogP contribution in [0.4, 0.5) is 5.82 Å². The predicted octanol–water partition coefficient (Wildman–Crippen LogP) is 0.377. The minimum absolute atomic E-state index is 0.780. The Balaban J connectivity index is 2.64.